The van der Waals surface area contributed by atoms with Gasteiger partial charge in [0.25, 0.3) is 0 Å². The van der Waals surface area contributed by atoms with Crippen LogP contribution in [-0.2, 0) is 5.41 Å². The van der Waals surface area contributed by atoms with Crippen LogP contribution in [0.2, 0.25) is 0 Å². The van der Waals surface area contributed by atoms with E-state index < -0.39 is 0 Å². The molecule has 2 N–H and O–H groups in total. The van der Waals surface area contributed by atoms with E-state index in [1.54, 1.807) is 0 Å². The minimum absolute atomic E-state index is 0.246. The first kappa shape index (κ1) is 12.3. The van der Waals surface area contributed by atoms with Gasteiger partial charge >= 0.3 is 0 Å². The Balaban J connectivity index is 2.81. The van der Waals surface area contributed by atoms with Crippen molar-refractivity contribution in [2.24, 2.45) is 5.73 Å². The van der Waals surface area contributed by atoms with E-state index >= 15 is 0 Å². The standard InChI is InChI=1S/C14H23N/c1-11(9-10-15)12-5-7-13(8-6-12)14(2,3)4/h5-8,11H,9-10,15H2,1-4H3/t11-/m0/s1. The molecule has 0 spiro atoms. The van der Waals surface area contributed by atoms with E-state index in [0.29, 0.717) is 5.92 Å². The molecule has 84 valence electrons. The Hall–Kier alpha value is -0.820. The predicted molar refractivity (Wildman–Crippen MR) is 67.2 cm³/mol. The molecule has 0 fully saturated rings. The van der Waals surface area contributed by atoms with Gasteiger partial charge in [-0.05, 0) is 35.4 Å². The highest BCUT2D eigenvalue weighted by Gasteiger charge is 2.13. The molecule has 0 saturated heterocycles. The Kier molecular flexibility index (Phi) is 3.92. The molecule has 0 aliphatic carbocycles. The molecule has 0 aliphatic heterocycles. The second-order valence-corrected chi connectivity index (χ2v) is 5.35. The Bertz CT molecular complexity index is 292. The van der Waals surface area contributed by atoms with Crippen LogP contribution in [0.4, 0.5) is 0 Å². The highest BCUT2D eigenvalue weighted by molar-refractivity contribution is 5.29. The predicted octanol–water partition coefficient (Wildman–Crippen LogP) is 3.44. The molecule has 0 radical (unpaired) electrons. The maximum absolute atomic E-state index is 5.57. The summed E-state index contributed by atoms with van der Waals surface area (Å²) in [6.45, 7) is 9.73. The third-order valence-corrected chi connectivity index (χ3v) is 2.95. The van der Waals surface area contributed by atoms with Gasteiger partial charge in [0.15, 0.2) is 0 Å². The zero-order valence-corrected chi connectivity index (χ0v) is 10.4. The van der Waals surface area contributed by atoms with Gasteiger partial charge in [-0.25, -0.2) is 0 Å². The summed E-state index contributed by atoms with van der Waals surface area (Å²) < 4.78 is 0. The second-order valence-electron chi connectivity index (χ2n) is 5.35. The smallest absolute Gasteiger partial charge is 0.00715 e. The average Bonchev–Trinajstić information content (AvgIpc) is 2.17. The number of rotatable bonds is 3. The van der Waals surface area contributed by atoms with E-state index in [0.717, 1.165) is 13.0 Å². The van der Waals surface area contributed by atoms with Crippen LogP contribution in [0, 0.1) is 0 Å². The van der Waals surface area contributed by atoms with Crippen LogP contribution in [0.1, 0.15) is 51.2 Å². The number of hydrogen-bond acceptors (Lipinski definition) is 1. The Morgan fingerprint density at radius 2 is 1.67 bits per heavy atom. The van der Waals surface area contributed by atoms with Crippen molar-refractivity contribution in [2.75, 3.05) is 6.54 Å². The molecular weight excluding hydrogens is 182 g/mol. The first-order valence-corrected chi connectivity index (χ1v) is 5.75. The molecule has 1 aromatic rings. The molecule has 1 rings (SSSR count). The van der Waals surface area contributed by atoms with Gasteiger partial charge in [-0.2, -0.15) is 0 Å². The lowest BCUT2D eigenvalue weighted by molar-refractivity contribution is 0.589. The van der Waals surface area contributed by atoms with Gasteiger partial charge in [-0.15, -0.1) is 0 Å². The van der Waals surface area contributed by atoms with Crippen LogP contribution in [-0.4, -0.2) is 6.54 Å². The molecule has 0 aliphatic rings. The molecule has 1 heteroatoms. The molecule has 0 amide bonds. The maximum atomic E-state index is 5.57. The van der Waals surface area contributed by atoms with Crippen LogP contribution >= 0.6 is 0 Å². The quantitative estimate of drug-likeness (QED) is 0.803. The van der Waals surface area contributed by atoms with Crippen LogP contribution in [0.15, 0.2) is 24.3 Å². The first-order chi connectivity index (χ1) is 6.95. The molecule has 15 heavy (non-hydrogen) atoms. The van der Waals surface area contributed by atoms with Crippen molar-refractivity contribution in [3.05, 3.63) is 35.4 Å². The molecule has 1 aromatic carbocycles. The molecule has 1 atom stereocenters. The van der Waals surface area contributed by atoms with Gasteiger partial charge in [0.1, 0.15) is 0 Å². The normalized spacial score (nSPS) is 13.9. The lowest BCUT2D eigenvalue weighted by Gasteiger charge is -2.20. The Morgan fingerprint density at radius 1 is 1.13 bits per heavy atom. The van der Waals surface area contributed by atoms with Crippen LogP contribution in [0.5, 0.6) is 0 Å². The van der Waals surface area contributed by atoms with Gasteiger partial charge in [-0.3, -0.25) is 0 Å². The Labute approximate surface area is 93.7 Å². The van der Waals surface area contributed by atoms with E-state index in [4.69, 9.17) is 5.73 Å². The summed E-state index contributed by atoms with van der Waals surface area (Å²) in [7, 11) is 0. The van der Waals surface area contributed by atoms with Crippen molar-refractivity contribution < 1.29 is 0 Å². The van der Waals surface area contributed by atoms with E-state index in [2.05, 4.69) is 52.0 Å². The monoisotopic (exact) mass is 205 g/mol. The van der Waals surface area contributed by atoms with Crippen molar-refractivity contribution >= 4 is 0 Å². The van der Waals surface area contributed by atoms with Crippen molar-refractivity contribution in [1.82, 2.24) is 0 Å². The highest BCUT2D eigenvalue weighted by Crippen LogP contribution is 2.25. The molecule has 1 nitrogen and oxygen atoms in total. The largest absolute Gasteiger partial charge is 0.330 e. The highest BCUT2D eigenvalue weighted by atomic mass is 14.5. The zero-order chi connectivity index (χ0) is 11.5. The summed E-state index contributed by atoms with van der Waals surface area (Å²) in [6.07, 6.45) is 1.06. The lowest BCUT2D eigenvalue weighted by atomic mass is 9.85. The van der Waals surface area contributed by atoms with Gasteiger partial charge in [0.05, 0.1) is 0 Å². The fourth-order valence-electron chi connectivity index (χ4n) is 1.73. The van der Waals surface area contributed by atoms with E-state index in [9.17, 15) is 0 Å². The molecule has 0 heterocycles. The van der Waals surface area contributed by atoms with Gasteiger partial charge < -0.3 is 5.73 Å². The van der Waals surface area contributed by atoms with Crippen LogP contribution < -0.4 is 5.73 Å². The summed E-state index contributed by atoms with van der Waals surface area (Å²) in [5.41, 5.74) is 8.60. The van der Waals surface area contributed by atoms with Crippen molar-refractivity contribution in [3.8, 4) is 0 Å². The van der Waals surface area contributed by atoms with Crippen LogP contribution in [0.3, 0.4) is 0 Å². The fourth-order valence-corrected chi connectivity index (χ4v) is 1.73. The summed E-state index contributed by atoms with van der Waals surface area (Å²) >= 11 is 0. The van der Waals surface area contributed by atoms with Crippen LogP contribution in [0.25, 0.3) is 0 Å². The molecule has 0 aromatic heterocycles. The van der Waals surface area contributed by atoms with Crippen molar-refractivity contribution in [1.29, 1.82) is 0 Å². The van der Waals surface area contributed by atoms with Crippen molar-refractivity contribution in [3.63, 3.8) is 0 Å². The number of hydrogen-bond donors (Lipinski definition) is 1. The summed E-state index contributed by atoms with van der Waals surface area (Å²) in [4.78, 5) is 0. The summed E-state index contributed by atoms with van der Waals surface area (Å²) in [5.74, 6) is 0.573. The second kappa shape index (κ2) is 4.80. The average molecular weight is 205 g/mol. The van der Waals surface area contributed by atoms with Gasteiger partial charge in [-0.1, -0.05) is 52.0 Å². The SMILES string of the molecule is C[C@@H](CCN)c1ccc(C(C)(C)C)cc1. The maximum Gasteiger partial charge on any atom is -0.00715 e. The summed E-state index contributed by atoms with van der Waals surface area (Å²) in [5, 5.41) is 0. The van der Waals surface area contributed by atoms with Gasteiger partial charge in [0.2, 0.25) is 0 Å². The molecule has 0 saturated carbocycles. The Morgan fingerprint density at radius 3 is 2.07 bits per heavy atom. The fraction of sp³-hybridized carbons (Fsp3) is 0.571. The molecular formula is C14H23N. The van der Waals surface area contributed by atoms with E-state index in [1.807, 2.05) is 0 Å². The third-order valence-electron chi connectivity index (χ3n) is 2.95. The minimum Gasteiger partial charge on any atom is -0.330 e. The first-order valence-electron chi connectivity index (χ1n) is 5.75. The minimum atomic E-state index is 0.246. The van der Waals surface area contributed by atoms with Crippen molar-refractivity contribution in [2.45, 2.75) is 45.4 Å². The lowest BCUT2D eigenvalue weighted by Crippen LogP contribution is -2.11. The molecule has 0 unspecified atom stereocenters. The van der Waals surface area contributed by atoms with E-state index in [-0.39, 0.29) is 5.41 Å². The third kappa shape index (κ3) is 3.35. The van der Waals surface area contributed by atoms with E-state index in [1.165, 1.54) is 11.1 Å². The molecule has 0 bridgehead atoms. The van der Waals surface area contributed by atoms with Gasteiger partial charge in [0, 0.05) is 0 Å². The number of benzene rings is 1. The summed E-state index contributed by atoms with van der Waals surface area (Å²) in [6, 6.07) is 8.95. The zero-order valence-electron chi connectivity index (χ0n) is 10.4. The number of nitrogens with two attached hydrogens (primary N) is 1. The topological polar surface area (TPSA) is 26.0 Å².